The van der Waals surface area contributed by atoms with Crippen molar-refractivity contribution in [2.45, 2.75) is 64.5 Å². The first-order chi connectivity index (χ1) is 11.9. The topological polar surface area (TPSA) is 102 Å². The van der Waals surface area contributed by atoms with Crippen LogP contribution in [0.5, 0.6) is 0 Å². The molecular weight excluding hydrogens is 322 g/mol. The van der Waals surface area contributed by atoms with Crippen LogP contribution in [0.4, 0.5) is 4.79 Å². The number of nitrogens with one attached hydrogen (secondary N) is 2. The van der Waals surface area contributed by atoms with E-state index in [1.807, 2.05) is 11.8 Å². The largest absolute Gasteiger partial charge is 0.480 e. The van der Waals surface area contributed by atoms with E-state index in [2.05, 4.69) is 17.6 Å². The van der Waals surface area contributed by atoms with Gasteiger partial charge in [-0.05, 0) is 50.0 Å². The van der Waals surface area contributed by atoms with Gasteiger partial charge in [0.2, 0.25) is 0 Å². The Morgan fingerprint density at radius 3 is 2.48 bits per heavy atom. The summed E-state index contributed by atoms with van der Waals surface area (Å²) in [6.07, 6.45) is 5.81. The van der Waals surface area contributed by atoms with Crippen LogP contribution in [0.2, 0.25) is 0 Å². The molecule has 0 aliphatic heterocycles. The summed E-state index contributed by atoms with van der Waals surface area (Å²) in [6.45, 7) is 5.75. The van der Waals surface area contributed by atoms with Crippen molar-refractivity contribution in [3.63, 3.8) is 0 Å². The van der Waals surface area contributed by atoms with Gasteiger partial charge in [0.15, 0.2) is 0 Å². The summed E-state index contributed by atoms with van der Waals surface area (Å²) in [5.41, 5.74) is 0.142. The van der Waals surface area contributed by atoms with Crippen LogP contribution in [0, 0.1) is 11.3 Å². The number of hydrogen-bond acceptors (Lipinski definition) is 4. The molecule has 2 rings (SSSR count). The summed E-state index contributed by atoms with van der Waals surface area (Å²) in [6, 6.07) is 0.237. The third kappa shape index (κ3) is 5.07. The van der Waals surface area contributed by atoms with Crippen molar-refractivity contribution >= 4 is 12.0 Å². The molecule has 0 saturated heterocycles. The second kappa shape index (κ2) is 8.85. The van der Waals surface area contributed by atoms with Crippen LogP contribution in [-0.2, 0) is 4.79 Å². The number of urea groups is 1. The third-order valence-electron chi connectivity index (χ3n) is 6.27. The van der Waals surface area contributed by atoms with Crippen molar-refractivity contribution in [3.05, 3.63) is 0 Å². The van der Waals surface area contributed by atoms with Crippen molar-refractivity contribution < 1.29 is 19.8 Å². The Morgan fingerprint density at radius 2 is 2.00 bits per heavy atom. The first-order valence-corrected chi connectivity index (χ1v) is 9.51. The highest BCUT2D eigenvalue weighted by atomic mass is 16.4. The molecule has 4 N–H and O–H groups in total. The van der Waals surface area contributed by atoms with E-state index in [4.69, 9.17) is 10.2 Å². The number of likely N-dealkylation sites (N-methyl/N-ethyl adjacent to an activating group) is 1. The molecule has 25 heavy (non-hydrogen) atoms. The maximum atomic E-state index is 12.2. The van der Waals surface area contributed by atoms with Crippen molar-refractivity contribution in [1.29, 1.82) is 0 Å². The number of carboxylic acids is 1. The molecule has 144 valence electrons. The first-order valence-electron chi connectivity index (χ1n) is 9.51. The average Bonchev–Trinajstić information content (AvgIpc) is 2.47. The maximum absolute atomic E-state index is 12.2. The number of carboxylic acid groups (broad SMARTS) is 1. The fraction of sp³-hybridized carbons (Fsp3) is 0.889. The van der Waals surface area contributed by atoms with Crippen LogP contribution in [0.25, 0.3) is 0 Å². The van der Waals surface area contributed by atoms with Crippen molar-refractivity contribution in [3.8, 4) is 0 Å². The molecule has 2 saturated carbocycles. The predicted octanol–water partition coefficient (Wildman–Crippen LogP) is 1.41. The summed E-state index contributed by atoms with van der Waals surface area (Å²) < 4.78 is 0. The maximum Gasteiger partial charge on any atom is 0.317 e. The molecule has 2 fully saturated rings. The SMILES string of the molecule is CCN(CC(=O)O)C1CC(NC(=O)NCC2(C(C)CCO)CCC2)C1. The lowest BCUT2D eigenvalue weighted by molar-refractivity contribution is -0.139. The van der Waals surface area contributed by atoms with Crippen molar-refractivity contribution in [2.24, 2.45) is 11.3 Å². The summed E-state index contributed by atoms with van der Waals surface area (Å²) in [5.74, 6) is -0.396. The van der Waals surface area contributed by atoms with E-state index < -0.39 is 5.97 Å². The highest BCUT2D eigenvalue weighted by molar-refractivity contribution is 5.74. The molecule has 0 spiro atoms. The summed E-state index contributed by atoms with van der Waals surface area (Å²) in [4.78, 5) is 25.0. The molecule has 7 nitrogen and oxygen atoms in total. The number of carbonyl (C=O) groups is 2. The normalized spacial score (nSPS) is 25.6. The average molecular weight is 355 g/mol. The molecule has 0 radical (unpaired) electrons. The van der Waals surface area contributed by atoms with Gasteiger partial charge in [0.25, 0.3) is 0 Å². The van der Waals surface area contributed by atoms with Gasteiger partial charge in [0.05, 0.1) is 6.54 Å². The first kappa shape index (κ1) is 20.0. The minimum atomic E-state index is -0.807. The number of aliphatic hydroxyl groups is 1. The molecule has 0 aromatic rings. The zero-order valence-corrected chi connectivity index (χ0v) is 15.5. The van der Waals surface area contributed by atoms with Crippen LogP contribution in [0.3, 0.4) is 0 Å². The number of carbonyl (C=O) groups excluding carboxylic acids is 1. The molecular formula is C18H33N3O4. The molecule has 0 aromatic carbocycles. The van der Waals surface area contributed by atoms with Gasteiger partial charge < -0.3 is 20.8 Å². The molecule has 0 heterocycles. The van der Waals surface area contributed by atoms with E-state index in [0.717, 1.165) is 32.1 Å². The molecule has 2 aliphatic rings. The standard InChI is InChI=1S/C18H33N3O4/c1-3-21(11-16(23)24)15-9-14(10-15)20-17(25)19-12-18(6-4-7-18)13(2)5-8-22/h13-15,22H,3-12H2,1-2H3,(H,23,24)(H2,19,20,25). The van der Waals surface area contributed by atoms with Gasteiger partial charge in [-0.1, -0.05) is 20.3 Å². The lowest BCUT2D eigenvalue weighted by Crippen LogP contribution is -2.57. The Bertz CT molecular complexity index is 461. The number of nitrogens with zero attached hydrogens (tertiary/aromatic N) is 1. The Labute approximate surface area is 150 Å². The Hall–Kier alpha value is -1.34. The number of rotatable bonds is 10. The number of amides is 2. The van der Waals surface area contributed by atoms with E-state index >= 15 is 0 Å². The van der Waals surface area contributed by atoms with Crippen LogP contribution in [0.1, 0.15) is 52.4 Å². The summed E-state index contributed by atoms with van der Waals surface area (Å²) in [7, 11) is 0. The smallest absolute Gasteiger partial charge is 0.317 e. The minimum Gasteiger partial charge on any atom is -0.480 e. The highest BCUT2D eigenvalue weighted by Crippen LogP contribution is 2.47. The number of aliphatic carboxylic acids is 1. The van der Waals surface area contributed by atoms with Crippen LogP contribution >= 0.6 is 0 Å². The van der Waals surface area contributed by atoms with E-state index in [9.17, 15) is 9.59 Å². The summed E-state index contributed by atoms with van der Waals surface area (Å²) in [5, 5.41) is 24.1. The second-order valence-corrected chi connectivity index (χ2v) is 7.74. The molecule has 2 amide bonds. The van der Waals surface area contributed by atoms with Gasteiger partial charge in [-0.25, -0.2) is 4.79 Å². The zero-order valence-electron chi connectivity index (χ0n) is 15.5. The molecule has 2 aliphatic carbocycles. The third-order valence-corrected chi connectivity index (χ3v) is 6.27. The fourth-order valence-corrected chi connectivity index (χ4v) is 4.14. The van der Waals surface area contributed by atoms with Crippen LogP contribution in [-0.4, -0.2) is 65.4 Å². The monoisotopic (exact) mass is 355 g/mol. The fourth-order valence-electron chi connectivity index (χ4n) is 4.14. The number of aliphatic hydroxyl groups excluding tert-OH is 1. The lowest BCUT2D eigenvalue weighted by atomic mass is 9.60. The minimum absolute atomic E-state index is 0.0609. The van der Waals surface area contributed by atoms with Gasteiger partial charge in [-0.3, -0.25) is 9.69 Å². The van der Waals surface area contributed by atoms with E-state index in [-0.39, 0.29) is 36.7 Å². The van der Waals surface area contributed by atoms with Gasteiger partial charge in [-0.2, -0.15) is 0 Å². The van der Waals surface area contributed by atoms with Gasteiger partial charge in [0, 0.05) is 25.2 Å². The van der Waals surface area contributed by atoms with Crippen molar-refractivity contribution in [1.82, 2.24) is 15.5 Å². The summed E-state index contributed by atoms with van der Waals surface area (Å²) >= 11 is 0. The highest BCUT2D eigenvalue weighted by Gasteiger charge is 2.42. The van der Waals surface area contributed by atoms with Gasteiger partial charge >= 0.3 is 12.0 Å². The Balaban J connectivity index is 1.69. The number of hydrogen-bond donors (Lipinski definition) is 4. The van der Waals surface area contributed by atoms with Gasteiger partial charge in [-0.15, -0.1) is 0 Å². The second-order valence-electron chi connectivity index (χ2n) is 7.74. The van der Waals surface area contributed by atoms with E-state index in [1.54, 1.807) is 0 Å². The molecule has 1 unspecified atom stereocenters. The quantitative estimate of drug-likeness (QED) is 0.475. The van der Waals surface area contributed by atoms with Crippen LogP contribution < -0.4 is 10.6 Å². The zero-order chi connectivity index (χ0) is 18.4. The molecule has 0 aromatic heterocycles. The Morgan fingerprint density at radius 1 is 1.32 bits per heavy atom. The lowest BCUT2D eigenvalue weighted by Gasteiger charge is -2.47. The molecule has 0 bridgehead atoms. The van der Waals surface area contributed by atoms with E-state index in [1.165, 1.54) is 6.42 Å². The molecule has 1 atom stereocenters. The van der Waals surface area contributed by atoms with Gasteiger partial charge in [0.1, 0.15) is 0 Å². The van der Waals surface area contributed by atoms with Crippen molar-refractivity contribution in [2.75, 3.05) is 26.2 Å². The predicted molar refractivity (Wildman–Crippen MR) is 95.4 cm³/mol. The Kier molecular flexibility index (Phi) is 7.07. The van der Waals surface area contributed by atoms with Crippen LogP contribution in [0.15, 0.2) is 0 Å². The van der Waals surface area contributed by atoms with E-state index in [0.29, 0.717) is 19.0 Å². The molecule has 7 heteroatoms.